The Kier molecular flexibility index (Phi) is 21.4. The van der Waals surface area contributed by atoms with E-state index in [2.05, 4.69) is 289 Å². The monoisotopic (exact) mass is 955 g/mol. The standard InChI is InChI=1S/C45H59N4.C22H24B/c1-9-46(10-2)40-28-20-36(21-29-40)44(37-22-30-41(31-23-37)47(11-3)12-4)18-17-19-45(38-24-32-42(33-25-38)48(13-5)14-6)39-26-34-43(35-27-39)49(15-7)16-8;1-2-3-19-23(20-13-7-4-8-14-20,21-15-9-5-10-16-21)22-17-11-6-12-18-22/h17-35H,9-16H2,1-8H3;4-18H,2-3,19H2,1H3/q+1;-1. The average Bonchev–Trinajstić information content (AvgIpc) is 3.45. The summed E-state index contributed by atoms with van der Waals surface area (Å²) >= 11 is 0. The fourth-order valence-electron chi connectivity index (χ4n) is 10.7. The van der Waals surface area contributed by atoms with Crippen molar-refractivity contribution < 1.29 is 0 Å². The molecule has 7 rings (SSSR count). The van der Waals surface area contributed by atoms with Gasteiger partial charge in [0, 0.05) is 104 Å². The van der Waals surface area contributed by atoms with Gasteiger partial charge in [-0.1, -0.05) is 111 Å². The molecular weight excluding hydrogens is 872 g/mol. The zero-order valence-corrected chi connectivity index (χ0v) is 45.3. The molecule has 72 heavy (non-hydrogen) atoms. The summed E-state index contributed by atoms with van der Waals surface area (Å²) in [6.07, 6.45) is 9.53. The molecule has 7 aromatic carbocycles. The summed E-state index contributed by atoms with van der Waals surface area (Å²) in [4.78, 5) is 9.57. The third-order valence-electron chi connectivity index (χ3n) is 14.8. The lowest BCUT2D eigenvalue weighted by Gasteiger charge is -2.43. The van der Waals surface area contributed by atoms with Gasteiger partial charge in [0.1, 0.15) is 0 Å². The Morgan fingerprint density at radius 1 is 0.333 bits per heavy atom. The maximum atomic E-state index is 2.39. The van der Waals surface area contributed by atoms with E-state index in [0.717, 1.165) is 52.4 Å². The van der Waals surface area contributed by atoms with Crippen LogP contribution in [0.15, 0.2) is 200 Å². The highest BCUT2D eigenvalue weighted by atomic mass is 15.1. The van der Waals surface area contributed by atoms with Crippen LogP contribution in [0.25, 0.3) is 11.1 Å². The summed E-state index contributed by atoms with van der Waals surface area (Å²) in [5.41, 5.74) is 16.6. The van der Waals surface area contributed by atoms with Crippen LogP contribution in [0, 0.1) is 6.42 Å². The molecule has 0 heterocycles. The Labute approximate surface area is 436 Å². The van der Waals surface area contributed by atoms with E-state index in [4.69, 9.17) is 0 Å². The van der Waals surface area contributed by atoms with Crippen molar-refractivity contribution in [2.75, 3.05) is 72.0 Å². The van der Waals surface area contributed by atoms with E-state index in [1.54, 1.807) is 0 Å². The van der Waals surface area contributed by atoms with Crippen LogP contribution in [0.4, 0.5) is 22.7 Å². The van der Waals surface area contributed by atoms with Gasteiger partial charge < -0.3 is 19.6 Å². The number of anilines is 4. The van der Waals surface area contributed by atoms with Crippen molar-refractivity contribution in [3.05, 3.63) is 229 Å². The first-order valence-electron chi connectivity index (χ1n) is 27.3. The molecule has 0 amide bonds. The van der Waals surface area contributed by atoms with E-state index in [1.807, 2.05) is 0 Å². The highest BCUT2D eigenvalue weighted by Gasteiger charge is 2.29. The van der Waals surface area contributed by atoms with Crippen molar-refractivity contribution in [2.24, 2.45) is 0 Å². The van der Waals surface area contributed by atoms with Gasteiger partial charge in [-0.25, -0.2) is 0 Å². The third kappa shape index (κ3) is 13.6. The summed E-state index contributed by atoms with van der Waals surface area (Å²) in [5.74, 6) is 0. The van der Waals surface area contributed by atoms with Crippen LogP contribution in [-0.2, 0) is 0 Å². The van der Waals surface area contributed by atoms with Crippen LogP contribution in [0.2, 0.25) is 6.32 Å². The summed E-state index contributed by atoms with van der Waals surface area (Å²) < 4.78 is 0. The molecule has 0 unspecified atom stereocenters. The zero-order valence-electron chi connectivity index (χ0n) is 45.3. The molecule has 0 saturated carbocycles. The predicted octanol–water partition coefficient (Wildman–Crippen LogP) is 14.8. The van der Waals surface area contributed by atoms with Gasteiger partial charge in [0.15, 0.2) is 0 Å². The first-order valence-corrected chi connectivity index (χ1v) is 27.3. The van der Waals surface area contributed by atoms with Gasteiger partial charge in [-0.2, -0.15) is 22.7 Å². The van der Waals surface area contributed by atoms with Gasteiger partial charge >= 0.3 is 0 Å². The molecule has 0 aromatic heterocycles. The first kappa shape index (κ1) is 54.5. The minimum absolute atomic E-state index is 0.913. The van der Waals surface area contributed by atoms with Gasteiger partial charge in [-0.15, -0.1) is 0 Å². The smallest absolute Gasteiger partial charge is 0.0814 e. The van der Waals surface area contributed by atoms with Crippen molar-refractivity contribution in [2.45, 2.75) is 81.5 Å². The Bertz CT molecular complexity index is 2310. The van der Waals surface area contributed by atoms with Crippen molar-refractivity contribution in [1.82, 2.24) is 0 Å². The summed E-state index contributed by atoms with van der Waals surface area (Å²) in [7, 11) is 0. The van der Waals surface area contributed by atoms with Crippen molar-refractivity contribution in [3.63, 3.8) is 0 Å². The molecule has 374 valence electrons. The SMILES string of the molecule is CCCC[B-](c1ccccc1)(c1ccccc1)c1ccccc1.CCN(CC)c1ccc(C(=C[CH+]C=C(c2ccc(N(CC)CC)cc2)c2ccc(N(CC)CC)cc2)c2ccc(N(CC)CC)cc2)cc1. The molecular formula is C67H83BN4. The van der Waals surface area contributed by atoms with E-state index < -0.39 is 6.15 Å². The first-order chi connectivity index (χ1) is 35.3. The van der Waals surface area contributed by atoms with E-state index in [-0.39, 0.29) is 0 Å². The zero-order chi connectivity index (χ0) is 51.1. The fourth-order valence-corrected chi connectivity index (χ4v) is 10.7. The normalized spacial score (nSPS) is 10.9. The second-order valence-electron chi connectivity index (χ2n) is 18.6. The second-order valence-corrected chi connectivity index (χ2v) is 18.6. The van der Waals surface area contributed by atoms with E-state index in [1.165, 1.54) is 91.7 Å². The molecule has 0 aliphatic rings. The Balaban J connectivity index is 0.000000305. The fraction of sp³-hybridized carbons (Fsp3) is 0.299. The van der Waals surface area contributed by atoms with Gasteiger partial charge in [0.2, 0.25) is 0 Å². The van der Waals surface area contributed by atoms with E-state index >= 15 is 0 Å². The van der Waals surface area contributed by atoms with Gasteiger partial charge in [0.05, 0.1) is 29.4 Å². The maximum absolute atomic E-state index is 2.39. The summed E-state index contributed by atoms with van der Waals surface area (Å²) in [5, 5.41) is 0. The van der Waals surface area contributed by atoms with Crippen molar-refractivity contribution in [1.29, 1.82) is 0 Å². The molecule has 0 aliphatic carbocycles. The summed E-state index contributed by atoms with van der Waals surface area (Å²) in [6.45, 7) is 28.0. The minimum atomic E-state index is -0.913. The van der Waals surface area contributed by atoms with Crippen LogP contribution >= 0.6 is 0 Å². The summed E-state index contributed by atoms with van der Waals surface area (Å²) in [6, 6.07) is 69.4. The molecule has 0 bridgehead atoms. The van der Waals surface area contributed by atoms with Crippen LogP contribution in [0.1, 0.15) is 97.4 Å². The Hall–Kier alpha value is -6.85. The van der Waals surface area contributed by atoms with Crippen molar-refractivity contribution >= 4 is 56.4 Å². The second kappa shape index (κ2) is 28.3. The van der Waals surface area contributed by atoms with Crippen LogP contribution < -0.4 is 36.0 Å². The predicted molar refractivity (Wildman–Crippen MR) is 322 cm³/mol. The van der Waals surface area contributed by atoms with E-state index in [0.29, 0.717) is 0 Å². The Morgan fingerprint density at radius 3 is 0.778 bits per heavy atom. The number of hydrogen-bond donors (Lipinski definition) is 0. The molecule has 7 aromatic rings. The van der Waals surface area contributed by atoms with Gasteiger partial charge in [-0.3, -0.25) is 0 Å². The molecule has 0 aliphatic heterocycles. The van der Waals surface area contributed by atoms with Gasteiger partial charge in [0.25, 0.3) is 0 Å². The molecule has 5 heteroatoms. The maximum Gasteiger partial charge on any atom is 0.0814 e. The molecule has 0 fully saturated rings. The Morgan fingerprint density at radius 2 is 0.569 bits per heavy atom. The minimum Gasteiger partial charge on any atom is -0.372 e. The number of benzene rings is 7. The average molecular weight is 955 g/mol. The molecule has 0 radical (unpaired) electrons. The third-order valence-corrected chi connectivity index (χ3v) is 14.8. The lowest BCUT2D eigenvalue weighted by Crippen LogP contribution is -2.66. The molecule has 0 saturated heterocycles. The molecule has 4 nitrogen and oxygen atoms in total. The molecule has 0 atom stereocenters. The van der Waals surface area contributed by atoms with Gasteiger partial charge in [-0.05, 0) is 152 Å². The highest BCUT2D eigenvalue weighted by Crippen LogP contribution is 2.31. The number of allylic oxidation sites excluding steroid dienone is 2. The largest absolute Gasteiger partial charge is 0.372 e. The topological polar surface area (TPSA) is 13.0 Å². The molecule has 0 N–H and O–H groups in total. The lowest BCUT2D eigenvalue weighted by molar-refractivity contribution is 0.866. The number of rotatable bonds is 24. The van der Waals surface area contributed by atoms with Crippen molar-refractivity contribution in [3.8, 4) is 0 Å². The lowest BCUT2D eigenvalue weighted by atomic mass is 9.14. The highest BCUT2D eigenvalue weighted by molar-refractivity contribution is 7.11. The van der Waals surface area contributed by atoms with Crippen LogP contribution in [0.5, 0.6) is 0 Å². The number of unbranched alkanes of at least 4 members (excludes halogenated alkanes) is 1. The number of nitrogens with zero attached hydrogens (tertiary/aromatic N) is 4. The van der Waals surface area contributed by atoms with Crippen LogP contribution in [0.3, 0.4) is 0 Å². The van der Waals surface area contributed by atoms with E-state index in [9.17, 15) is 0 Å². The van der Waals surface area contributed by atoms with Crippen LogP contribution in [-0.4, -0.2) is 58.5 Å². The number of hydrogen-bond acceptors (Lipinski definition) is 4. The quantitative estimate of drug-likeness (QED) is 0.0442. The molecule has 0 spiro atoms.